The fourth-order valence-corrected chi connectivity index (χ4v) is 3.09. The van der Waals surface area contributed by atoms with Crippen LogP contribution in [-0.4, -0.2) is 14.3 Å². The third-order valence-electron chi connectivity index (χ3n) is 3.45. The summed E-state index contributed by atoms with van der Waals surface area (Å²) < 4.78 is 66.9. The van der Waals surface area contributed by atoms with Crippen LogP contribution >= 0.6 is 0 Å². The minimum Gasteiger partial charge on any atom is -0.326 e. The first-order chi connectivity index (χ1) is 11.6. The maximum absolute atomic E-state index is 12.6. The van der Waals surface area contributed by atoms with Crippen LogP contribution in [0.2, 0.25) is 0 Å². The van der Waals surface area contributed by atoms with Crippen molar-refractivity contribution < 1.29 is 30.7 Å². The van der Waals surface area contributed by atoms with Gasteiger partial charge in [0.2, 0.25) is 5.91 Å². The Balaban J connectivity index is 1.77. The molecule has 0 saturated carbocycles. The van der Waals surface area contributed by atoms with Gasteiger partial charge in [-0.15, -0.1) is 4.28 Å². The molecule has 3 rings (SSSR count). The van der Waals surface area contributed by atoms with Crippen molar-refractivity contribution in [1.82, 2.24) is 0 Å². The normalized spacial score (nSPS) is 14.1. The molecule has 10 heteroatoms. The molecule has 0 fully saturated rings. The van der Waals surface area contributed by atoms with Gasteiger partial charge in [-0.3, -0.25) is 4.79 Å². The van der Waals surface area contributed by atoms with Crippen molar-refractivity contribution in [1.29, 1.82) is 0 Å². The number of fused-ring (bicyclic) bond motifs is 1. The topological polar surface area (TPSA) is 84.5 Å². The molecule has 2 aromatic rings. The molecule has 0 aliphatic carbocycles. The number of amides is 1. The molecule has 2 aromatic carbocycles. The Morgan fingerprint density at radius 1 is 1.12 bits per heavy atom. The number of benzene rings is 2. The Morgan fingerprint density at radius 2 is 1.88 bits per heavy atom. The van der Waals surface area contributed by atoms with Crippen LogP contribution in [0.5, 0.6) is 0 Å². The minimum atomic E-state index is -4.56. The first kappa shape index (κ1) is 17.2. The fourth-order valence-electron chi connectivity index (χ4n) is 2.27. The van der Waals surface area contributed by atoms with Gasteiger partial charge >= 0.3 is 16.3 Å². The lowest BCUT2D eigenvalue weighted by Gasteiger charge is -2.11. The maximum Gasteiger partial charge on any atom is 0.416 e. The summed E-state index contributed by atoms with van der Waals surface area (Å²) in [5, 5.41) is 2.56. The zero-order chi connectivity index (χ0) is 18.2. The molecule has 0 saturated heterocycles. The lowest BCUT2D eigenvalue weighted by Crippen LogP contribution is -2.13. The molecule has 2 N–H and O–H groups in total. The Hall–Kier alpha value is -2.59. The van der Waals surface area contributed by atoms with E-state index in [1.807, 2.05) is 5.48 Å². The van der Waals surface area contributed by atoms with Gasteiger partial charge in [-0.25, -0.2) is 5.48 Å². The summed E-state index contributed by atoms with van der Waals surface area (Å²) in [6, 6.07) is 7.85. The highest BCUT2D eigenvalue weighted by atomic mass is 32.2. The van der Waals surface area contributed by atoms with Crippen molar-refractivity contribution in [3.05, 3.63) is 53.6 Å². The standard InChI is InChI=1S/C15H11F3N2O4S/c16-15(17,18)10-2-1-3-11(8-10)20-24-25(22,23)12-4-5-13-9(6-12)7-14(21)19-13/h1-6,8,20H,7H2,(H,19,21). The molecule has 0 aromatic heterocycles. The number of anilines is 2. The highest BCUT2D eigenvalue weighted by molar-refractivity contribution is 7.86. The molecule has 0 atom stereocenters. The quantitative estimate of drug-likeness (QED) is 0.807. The van der Waals surface area contributed by atoms with E-state index in [4.69, 9.17) is 0 Å². The molecule has 1 heterocycles. The molecule has 0 radical (unpaired) electrons. The molecule has 0 bridgehead atoms. The van der Waals surface area contributed by atoms with E-state index in [9.17, 15) is 26.4 Å². The Bertz CT molecular complexity index is 942. The Labute approximate surface area is 140 Å². The van der Waals surface area contributed by atoms with Crippen molar-refractivity contribution in [2.75, 3.05) is 10.8 Å². The summed E-state index contributed by atoms with van der Waals surface area (Å²) in [4.78, 5) is 11.1. The molecule has 1 aliphatic heterocycles. The zero-order valence-corrected chi connectivity index (χ0v) is 13.2. The molecule has 0 spiro atoms. The number of rotatable bonds is 4. The van der Waals surface area contributed by atoms with E-state index in [0.29, 0.717) is 11.3 Å². The van der Waals surface area contributed by atoms with Gasteiger partial charge in [0.05, 0.1) is 22.6 Å². The van der Waals surface area contributed by atoms with Crippen LogP contribution < -0.4 is 10.8 Å². The summed E-state index contributed by atoms with van der Waals surface area (Å²) in [6.07, 6.45) is -4.52. The van der Waals surface area contributed by atoms with Gasteiger partial charge < -0.3 is 5.32 Å². The van der Waals surface area contributed by atoms with Crippen LogP contribution in [0, 0.1) is 0 Å². The largest absolute Gasteiger partial charge is 0.416 e. The second-order valence-corrected chi connectivity index (χ2v) is 6.81. The lowest BCUT2D eigenvalue weighted by molar-refractivity contribution is -0.137. The van der Waals surface area contributed by atoms with E-state index < -0.39 is 21.9 Å². The highest BCUT2D eigenvalue weighted by Crippen LogP contribution is 2.31. The number of carbonyl (C=O) groups excluding carboxylic acids is 1. The molecule has 132 valence electrons. The van der Waals surface area contributed by atoms with Gasteiger partial charge in [0.1, 0.15) is 0 Å². The third-order valence-corrected chi connectivity index (χ3v) is 4.58. The van der Waals surface area contributed by atoms with Crippen molar-refractivity contribution in [3.63, 3.8) is 0 Å². The summed E-state index contributed by atoms with van der Waals surface area (Å²) in [7, 11) is -4.28. The molecule has 25 heavy (non-hydrogen) atoms. The SMILES string of the molecule is O=C1Cc2cc(S(=O)(=O)ONc3cccc(C(F)(F)F)c3)ccc2N1. The smallest absolute Gasteiger partial charge is 0.326 e. The molecule has 1 amide bonds. The van der Waals surface area contributed by atoms with Crippen molar-refractivity contribution in [3.8, 4) is 0 Å². The average Bonchev–Trinajstić information content (AvgIpc) is 2.91. The number of alkyl halides is 3. The number of halogens is 3. The predicted molar refractivity (Wildman–Crippen MR) is 82.1 cm³/mol. The van der Waals surface area contributed by atoms with E-state index in [2.05, 4.69) is 9.60 Å². The van der Waals surface area contributed by atoms with Crippen LogP contribution in [0.25, 0.3) is 0 Å². The van der Waals surface area contributed by atoms with Gasteiger partial charge in [0, 0.05) is 5.69 Å². The summed E-state index contributed by atoms with van der Waals surface area (Å²) in [5.41, 5.74) is 1.89. The Morgan fingerprint density at radius 3 is 2.60 bits per heavy atom. The van der Waals surface area contributed by atoms with Crippen LogP contribution in [0.3, 0.4) is 0 Å². The van der Waals surface area contributed by atoms with Gasteiger partial charge in [-0.2, -0.15) is 21.6 Å². The van der Waals surface area contributed by atoms with E-state index in [1.165, 1.54) is 24.3 Å². The van der Waals surface area contributed by atoms with Crippen LogP contribution in [-0.2, 0) is 31.8 Å². The second-order valence-electron chi connectivity index (χ2n) is 5.26. The summed E-state index contributed by atoms with van der Waals surface area (Å²) in [6.45, 7) is 0. The molecular formula is C15H11F3N2O4S. The number of nitrogens with one attached hydrogen (secondary N) is 2. The van der Waals surface area contributed by atoms with E-state index in [-0.39, 0.29) is 22.9 Å². The number of hydrogen-bond donors (Lipinski definition) is 2. The maximum atomic E-state index is 12.6. The molecule has 6 nitrogen and oxygen atoms in total. The second kappa shape index (κ2) is 6.05. The summed E-state index contributed by atoms with van der Waals surface area (Å²) >= 11 is 0. The highest BCUT2D eigenvalue weighted by Gasteiger charge is 2.30. The van der Waals surface area contributed by atoms with Gasteiger partial charge in [0.25, 0.3) is 0 Å². The van der Waals surface area contributed by atoms with Crippen molar-refractivity contribution >= 4 is 27.4 Å². The van der Waals surface area contributed by atoms with Gasteiger partial charge in [-0.05, 0) is 42.0 Å². The van der Waals surface area contributed by atoms with Crippen LogP contribution in [0.4, 0.5) is 24.5 Å². The summed E-state index contributed by atoms with van der Waals surface area (Å²) in [5.74, 6) is -0.257. The molecule has 0 unspecified atom stereocenters. The lowest BCUT2D eigenvalue weighted by atomic mass is 10.2. The van der Waals surface area contributed by atoms with E-state index in [1.54, 1.807) is 0 Å². The number of hydrogen-bond acceptors (Lipinski definition) is 5. The third kappa shape index (κ3) is 3.74. The van der Waals surface area contributed by atoms with E-state index >= 15 is 0 Å². The van der Waals surface area contributed by atoms with E-state index in [0.717, 1.165) is 18.2 Å². The van der Waals surface area contributed by atoms with Gasteiger partial charge in [-0.1, -0.05) is 6.07 Å². The van der Waals surface area contributed by atoms with Crippen molar-refractivity contribution in [2.45, 2.75) is 17.5 Å². The average molecular weight is 372 g/mol. The monoisotopic (exact) mass is 372 g/mol. The first-order valence-corrected chi connectivity index (χ1v) is 8.35. The molecular weight excluding hydrogens is 361 g/mol. The number of carbonyl (C=O) groups is 1. The van der Waals surface area contributed by atoms with Crippen molar-refractivity contribution in [2.24, 2.45) is 0 Å². The fraction of sp³-hybridized carbons (Fsp3) is 0.133. The predicted octanol–water partition coefficient (Wildman–Crippen LogP) is 2.93. The first-order valence-electron chi connectivity index (χ1n) is 6.95. The van der Waals surface area contributed by atoms with Crippen LogP contribution in [0.15, 0.2) is 47.4 Å². The van der Waals surface area contributed by atoms with Gasteiger partial charge in [0.15, 0.2) is 0 Å². The zero-order valence-electron chi connectivity index (χ0n) is 12.4. The minimum absolute atomic E-state index is 0.0414. The van der Waals surface area contributed by atoms with Crippen LogP contribution in [0.1, 0.15) is 11.1 Å². The molecule has 1 aliphatic rings. The Kier molecular flexibility index (Phi) is 4.17.